The van der Waals surface area contributed by atoms with E-state index in [-0.39, 0.29) is 30.3 Å². The van der Waals surface area contributed by atoms with E-state index in [1.165, 1.54) is 5.56 Å². The van der Waals surface area contributed by atoms with Gasteiger partial charge in [-0.2, -0.15) is 0 Å². The van der Waals surface area contributed by atoms with Gasteiger partial charge in [0.15, 0.2) is 0 Å². The Kier molecular flexibility index (Phi) is 4.30. The summed E-state index contributed by atoms with van der Waals surface area (Å²) in [6.45, 7) is 0.630. The molecule has 6 heteroatoms. The zero-order valence-corrected chi connectivity index (χ0v) is 13.2. The van der Waals surface area contributed by atoms with E-state index in [2.05, 4.69) is 32.7 Å². The van der Waals surface area contributed by atoms with E-state index in [9.17, 15) is 4.79 Å². The summed E-state index contributed by atoms with van der Waals surface area (Å²) >= 11 is 0. The van der Waals surface area contributed by atoms with Gasteiger partial charge in [-0.1, -0.05) is 30.3 Å². The van der Waals surface area contributed by atoms with Crippen LogP contribution in [0, 0.1) is 0 Å². The van der Waals surface area contributed by atoms with Gasteiger partial charge in [0.1, 0.15) is 6.33 Å². The minimum absolute atomic E-state index is 0. The van der Waals surface area contributed by atoms with E-state index in [4.69, 9.17) is 0 Å². The van der Waals surface area contributed by atoms with Gasteiger partial charge >= 0.3 is 0 Å². The molecule has 0 saturated heterocycles. The van der Waals surface area contributed by atoms with Crippen LogP contribution in [0.4, 0.5) is 0 Å². The third kappa shape index (κ3) is 2.80. The normalized spacial score (nSPS) is 22.7. The van der Waals surface area contributed by atoms with Gasteiger partial charge < -0.3 is 10.6 Å². The standard InChI is InChI=1S/C17H16N4O.ClH/c22-17-12-8-15(14-6-7-18-10-20-14)21-16(12)13(9-19-17)11-4-2-1-3-5-11;/h1-7,10,13,15,21H,8-9H2,(H,19,22);1H. The number of carbonyl (C=O) groups is 1. The fraction of sp³-hybridized carbons (Fsp3) is 0.235. The molecule has 0 aliphatic carbocycles. The van der Waals surface area contributed by atoms with Gasteiger partial charge in [0.25, 0.3) is 0 Å². The Morgan fingerprint density at radius 2 is 1.96 bits per heavy atom. The van der Waals surface area contributed by atoms with Crippen LogP contribution in [0.25, 0.3) is 0 Å². The van der Waals surface area contributed by atoms with Crippen LogP contribution in [-0.4, -0.2) is 22.4 Å². The Labute approximate surface area is 140 Å². The van der Waals surface area contributed by atoms with E-state index < -0.39 is 0 Å². The molecule has 1 aromatic carbocycles. The molecule has 0 spiro atoms. The van der Waals surface area contributed by atoms with Crippen molar-refractivity contribution < 1.29 is 4.79 Å². The number of nitrogens with zero attached hydrogens (tertiary/aromatic N) is 2. The minimum atomic E-state index is 0. The number of carbonyl (C=O) groups excluding carboxylic acids is 1. The molecule has 4 rings (SSSR count). The van der Waals surface area contributed by atoms with Crippen molar-refractivity contribution in [2.45, 2.75) is 18.4 Å². The second-order valence-corrected chi connectivity index (χ2v) is 5.60. The number of aromatic nitrogens is 2. The molecular formula is C17H17ClN4O. The molecule has 23 heavy (non-hydrogen) atoms. The molecule has 5 nitrogen and oxygen atoms in total. The van der Waals surface area contributed by atoms with Crippen LogP contribution in [0.2, 0.25) is 0 Å². The van der Waals surface area contributed by atoms with Crippen LogP contribution in [0.1, 0.15) is 29.6 Å². The maximum atomic E-state index is 12.2. The molecule has 0 fully saturated rings. The van der Waals surface area contributed by atoms with Crippen LogP contribution >= 0.6 is 12.4 Å². The van der Waals surface area contributed by atoms with Crippen molar-refractivity contribution in [1.82, 2.24) is 20.6 Å². The van der Waals surface area contributed by atoms with E-state index in [0.29, 0.717) is 13.0 Å². The van der Waals surface area contributed by atoms with Crippen molar-refractivity contribution in [1.29, 1.82) is 0 Å². The Morgan fingerprint density at radius 1 is 1.13 bits per heavy atom. The van der Waals surface area contributed by atoms with Crippen LogP contribution in [0.5, 0.6) is 0 Å². The van der Waals surface area contributed by atoms with E-state index in [1.807, 2.05) is 24.3 Å². The number of hydrogen-bond donors (Lipinski definition) is 2. The molecule has 3 heterocycles. The smallest absolute Gasteiger partial charge is 0.249 e. The molecule has 1 aromatic heterocycles. The monoisotopic (exact) mass is 328 g/mol. The molecule has 2 aromatic rings. The van der Waals surface area contributed by atoms with E-state index >= 15 is 0 Å². The first-order valence-corrected chi connectivity index (χ1v) is 7.41. The van der Waals surface area contributed by atoms with Crippen LogP contribution < -0.4 is 10.6 Å². The second-order valence-electron chi connectivity index (χ2n) is 5.60. The molecule has 0 radical (unpaired) electrons. The lowest BCUT2D eigenvalue weighted by Crippen LogP contribution is -2.37. The topological polar surface area (TPSA) is 66.9 Å². The van der Waals surface area contributed by atoms with Gasteiger partial charge in [0, 0.05) is 36.4 Å². The summed E-state index contributed by atoms with van der Waals surface area (Å²) in [5.74, 6) is 0.215. The minimum Gasteiger partial charge on any atom is -0.379 e. The van der Waals surface area contributed by atoms with Crippen LogP contribution in [0.3, 0.4) is 0 Å². The van der Waals surface area contributed by atoms with Gasteiger partial charge in [-0.15, -0.1) is 12.4 Å². The third-order valence-corrected chi connectivity index (χ3v) is 4.32. The first kappa shape index (κ1) is 15.5. The first-order chi connectivity index (χ1) is 10.8. The number of hydrogen-bond acceptors (Lipinski definition) is 4. The van der Waals surface area contributed by atoms with Crippen molar-refractivity contribution in [3.8, 4) is 0 Å². The van der Waals surface area contributed by atoms with Crippen molar-refractivity contribution >= 4 is 18.3 Å². The highest BCUT2D eigenvalue weighted by Crippen LogP contribution is 2.38. The lowest BCUT2D eigenvalue weighted by molar-refractivity contribution is -0.118. The quantitative estimate of drug-likeness (QED) is 0.886. The Bertz CT molecular complexity index is 733. The largest absolute Gasteiger partial charge is 0.379 e. The molecule has 2 aliphatic rings. The molecule has 0 bridgehead atoms. The SMILES string of the molecule is Cl.O=C1NCC(c2ccccc2)C2=C1CC(c1ccncn1)N2. The second kappa shape index (κ2) is 6.38. The molecule has 2 unspecified atom stereocenters. The fourth-order valence-corrected chi connectivity index (χ4v) is 3.22. The number of halogens is 1. The Hall–Kier alpha value is -2.40. The number of nitrogens with one attached hydrogen (secondary N) is 2. The zero-order valence-electron chi connectivity index (χ0n) is 12.4. The van der Waals surface area contributed by atoms with Gasteiger partial charge in [-0.25, -0.2) is 9.97 Å². The summed E-state index contributed by atoms with van der Waals surface area (Å²) < 4.78 is 0. The average molecular weight is 329 g/mol. The van der Waals surface area contributed by atoms with Gasteiger partial charge in [0.2, 0.25) is 5.91 Å². The highest BCUT2D eigenvalue weighted by Gasteiger charge is 2.37. The van der Waals surface area contributed by atoms with Crippen molar-refractivity contribution in [3.63, 3.8) is 0 Å². The first-order valence-electron chi connectivity index (χ1n) is 7.41. The third-order valence-electron chi connectivity index (χ3n) is 4.32. The van der Waals surface area contributed by atoms with Crippen molar-refractivity contribution in [2.75, 3.05) is 6.54 Å². The van der Waals surface area contributed by atoms with Gasteiger partial charge in [-0.05, 0) is 11.6 Å². The van der Waals surface area contributed by atoms with Gasteiger partial charge in [0.05, 0.1) is 11.7 Å². The zero-order chi connectivity index (χ0) is 14.9. The lowest BCUT2D eigenvalue weighted by atomic mass is 9.90. The molecule has 1 amide bonds. The summed E-state index contributed by atoms with van der Waals surface area (Å²) in [5.41, 5.74) is 4.03. The Morgan fingerprint density at radius 3 is 2.70 bits per heavy atom. The average Bonchev–Trinajstić information content (AvgIpc) is 3.03. The van der Waals surface area contributed by atoms with Crippen LogP contribution in [0.15, 0.2) is 60.2 Å². The molecule has 2 atom stereocenters. The predicted molar refractivity (Wildman–Crippen MR) is 89.0 cm³/mol. The maximum Gasteiger partial charge on any atom is 0.249 e. The Balaban J connectivity index is 0.00000156. The molecular weight excluding hydrogens is 312 g/mol. The lowest BCUT2D eigenvalue weighted by Gasteiger charge is -2.26. The molecule has 118 valence electrons. The van der Waals surface area contributed by atoms with E-state index in [1.54, 1.807) is 12.5 Å². The maximum absolute atomic E-state index is 12.2. The molecule has 0 saturated carbocycles. The van der Waals surface area contributed by atoms with E-state index in [0.717, 1.165) is 17.0 Å². The highest BCUT2D eigenvalue weighted by molar-refractivity contribution is 5.96. The summed E-state index contributed by atoms with van der Waals surface area (Å²) in [7, 11) is 0. The number of amides is 1. The van der Waals surface area contributed by atoms with Gasteiger partial charge in [-0.3, -0.25) is 4.79 Å². The summed E-state index contributed by atoms with van der Waals surface area (Å²) in [6, 6.07) is 12.2. The summed E-state index contributed by atoms with van der Waals surface area (Å²) in [4.78, 5) is 20.5. The summed E-state index contributed by atoms with van der Waals surface area (Å²) in [6.07, 6.45) is 3.95. The molecule has 2 N–H and O–H groups in total. The summed E-state index contributed by atoms with van der Waals surface area (Å²) in [5, 5.41) is 6.52. The predicted octanol–water partition coefficient (Wildman–Crippen LogP) is 2.10. The number of benzene rings is 1. The fourth-order valence-electron chi connectivity index (χ4n) is 3.22. The van der Waals surface area contributed by atoms with Crippen LogP contribution in [-0.2, 0) is 4.79 Å². The van der Waals surface area contributed by atoms with Crippen molar-refractivity contribution in [2.24, 2.45) is 0 Å². The molecule has 2 aliphatic heterocycles. The highest BCUT2D eigenvalue weighted by atomic mass is 35.5. The van der Waals surface area contributed by atoms with Crippen molar-refractivity contribution in [3.05, 3.63) is 71.4 Å². The number of rotatable bonds is 2.